The second-order valence-corrected chi connectivity index (χ2v) is 10.2. The summed E-state index contributed by atoms with van der Waals surface area (Å²) in [4.78, 5) is 28.3. The lowest BCUT2D eigenvalue weighted by atomic mass is 10.0. The van der Waals surface area contributed by atoms with Crippen molar-refractivity contribution in [3.8, 4) is 22.9 Å². The molecular formula is C30H31N5O5S. The molecule has 0 bridgehead atoms. The molecule has 4 aromatic rings. The highest BCUT2D eigenvalue weighted by molar-refractivity contribution is 7.99. The molecule has 1 N–H and O–H groups in total. The zero-order valence-corrected chi connectivity index (χ0v) is 23.9. The molecule has 0 saturated carbocycles. The summed E-state index contributed by atoms with van der Waals surface area (Å²) in [6, 6.07) is 20.8. The molecule has 2 heterocycles. The van der Waals surface area contributed by atoms with Crippen LogP contribution in [0.2, 0.25) is 0 Å². The van der Waals surface area contributed by atoms with Gasteiger partial charge in [-0.15, -0.1) is 10.2 Å². The molecule has 3 aromatic carbocycles. The van der Waals surface area contributed by atoms with Crippen LogP contribution in [0.3, 0.4) is 0 Å². The topological polar surface area (TPSA) is 108 Å². The number of fused-ring (bicyclic) bond motifs is 1. The van der Waals surface area contributed by atoms with Crippen LogP contribution in [-0.4, -0.2) is 60.2 Å². The number of carbonyl (C=O) groups is 2. The van der Waals surface area contributed by atoms with Crippen LogP contribution in [0.4, 0.5) is 5.69 Å². The summed E-state index contributed by atoms with van der Waals surface area (Å²) in [6.07, 6.45) is 1.91. The Morgan fingerprint density at radius 2 is 1.63 bits per heavy atom. The first-order valence-corrected chi connectivity index (χ1v) is 14.1. The van der Waals surface area contributed by atoms with Gasteiger partial charge in [0.25, 0.3) is 5.91 Å². The maximum absolute atomic E-state index is 13.3. The summed E-state index contributed by atoms with van der Waals surface area (Å²) in [7, 11) is 4.50. The average molecular weight is 574 g/mol. The van der Waals surface area contributed by atoms with Crippen molar-refractivity contribution >= 4 is 29.3 Å². The third-order valence-electron chi connectivity index (χ3n) is 6.78. The van der Waals surface area contributed by atoms with E-state index in [2.05, 4.69) is 21.6 Å². The van der Waals surface area contributed by atoms with Crippen molar-refractivity contribution in [1.29, 1.82) is 0 Å². The van der Waals surface area contributed by atoms with Crippen LogP contribution in [0.5, 0.6) is 17.2 Å². The SMILES string of the molecule is COc1cc(C(=O)NCc2nnc(SCC(=O)N3CCCc4ccccc43)n2-c2ccccc2)cc(OC)c1OC. The van der Waals surface area contributed by atoms with Crippen molar-refractivity contribution in [2.75, 3.05) is 38.5 Å². The summed E-state index contributed by atoms with van der Waals surface area (Å²) < 4.78 is 18.0. The van der Waals surface area contributed by atoms with Gasteiger partial charge in [0, 0.05) is 23.5 Å². The normalized spacial score (nSPS) is 12.4. The number of thioether (sulfide) groups is 1. The number of para-hydroxylation sites is 2. The Kier molecular flexibility index (Phi) is 8.73. The van der Waals surface area contributed by atoms with Crippen molar-refractivity contribution in [1.82, 2.24) is 20.1 Å². The molecule has 5 rings (SSSR count). The predicted molar refractivity (Wildman–Crippen MR) is 156 cm³/mol. The molecule has 0 radical (unpaired) electrons. The van der Waals surface area contributed by atoms with Crippen molar-refractivity contribution in [2.45, 2.75) is 24.5 Å². The molecule has 0 aliphatic carbocycles. The molecule has 11 heteroatoms. The summed E-state index contributed by atoms with van der Waals surface area (Å²) in [5, 5.41) is 12.2. The first-order valence-electron chi connectivity index (χ1n) is 13.1. The van der Waals surface area contributed by atoms with Crippen molar-refractivity contribution in [2.24, 2.45) is 0 Å². The van der Waals surface area contributed by atoms with E-state index in [0.717, 1.165) is 24.2 Å². The number of nitrogens with zero attached hydrogens (tertiary/aromatic N) is 4. The van der Waals surface area contributed by atoms with Crippen molar-refractivity contribution < 1.29 is 23.8 Å². The van der Waals surface area contributed by atoms with Gasteiger partial charge in [-0.2, -0.15) is 0 Å². The van der Waals surface area contributed by atoms with Crippen LogP contribution >= 0.6 is 11.8 Å². The lowest BCUT2D eigenvalue weighted by Gasteiger charge is -2.29. The van der Waals surface area contributed by atoms with Gasteiger partial charge in [-0.1, -0.05) is 48.2 Å². The number of nitrogens with one attached hydrogen (secondary N) is 1. The molecule has 2 amide bonds. The Morgan fingerprint density at radius 3 is 2.34 bits per heavy atom. The molecule has 0 unspecified atom stereocenters. The fourth-order valence-electron chi connectivity index (χ4n) is 4.82. The van der Waals surface area contributed by atoms with E-state index in [-0.39, 0.29) is 24.1 Å². The average Bonchev–Trinajstić information content (AvgIpc) is 3.44. The maximum Gasteiger partial charge on any atom is 0.251 e. The third kappa shape index (κ3) is 5.99. The third-order valence-corrected chi connectivity index (χ3v) is 7.70. The Hall–Kier alpha value is -4.51. The minimum Gasteiger partial charge on any atom is -0.493 e. The lowest BCUT2D eigenvalue weighted by molar-refractivity contribution is -0.116. The van der Waals surface area contributed by atoms with Crippen LogP contribution in [0.25, 0.3) is 5.69 Å². The van der Waals surface area contributed by atoms with Gasteiger partial charge in [0.2, 0.25) is 11.7 Å². The maximum atomic E-state index is 13.3. The van der Waals surface area contributed by atoms with Crippen LogP contribution in [0, 0.1) is 0 Å². The van der Waals surface area contributed by atoms with E-state index >= 15 is 0 Å². The minimum atomic E-state index is -0.347. The first kappa shape index (κ1) is 28.0. The lowest BCUT2D eigenvalue weighted by Crippen LogP contribution is -2.36. The highest BCUT2D eigenvalue weighted by Crippen LogP contribution is 2.38. The second kappa shape index (κ2) is 12.8. The number of rotatable bonds is 10. The number of amides is 2. The number of carbonyl (C=O) groups excluding carboxylic acids is 2. The highest BCUT2D eigenvalue weighted by atomic mass is 32.2. The Labute approximate surface area is 242 Å². The van der Waals surface area contributed by atoms with Gasteiger partial charge in [0.05, 0.1) is 33.6 Å². The van der Waals surface area contributed by atoms with Gasteiger partial charge in [-0.25, -0.2) is 0 Å². The highest BCUT2D eigenvalue weighted by Gasteiger charge is 2.24. The number of aromatic nitrogens is 3. The summed E-state index contributed by atoms with van der Waals surface area (Å²) >= 11 is 1.32. The molecule has 41 heavy (non-hydrogen) atoms. The first-order chi connectivity index (χ1) is 20.0. The van der Waals surface area contributed by atoms with E-state index in [1.807, 2.05) is 58.0 Å². The van der Waals surface area contributed by atoms with E-state index in [0.29, 0.717) is 40.3 Å². The van der Waals surface area contributed by atoms with Crippen LogP contribution < -0.4 is 24.4 Å². The number of aryl methyl sites for hydroxylation is 1. The molecular weight excluding hydrogens is 542 g/mol. The Balaban J connectivity index is 1.34. The van der Waals surface area contributed by atoms with E-state index in [1.165, 1.54) is 38.7 Å². The Morgan fingerprint density at radius 1 is 0.927 bits per heavy atom. The van der Waals surface area contributed by atoms with Crippen LogP contribution in [0.1, 0.15) is 28.2 Å². The van der Waals surface area contributed by atoms with Gasteiger partial charge in [-0.05, 0) is 48.7 Å². The van der Waals surface area contributed by atoms with Gasteiger partial charge in [0.15, 0.2) is 22.5 Å². The van der Waals surface area contributed by atoms with Gasteiger partial charge < -0.3 is 24.4 Å². The van der Waals surface area contributed by atoms with E-state index in [1.54, 1.807) is 12.1 Å². The van der Waals surface area contributed by atoms with Crippen LogP contribution in [0.15, 0.2) is 71.9 Å². The second-order valence-electron chi connectivity index (χ2n) is 9.23. The summed E-state index contributed by atoms with van der Waals surface area (Å²) in [5.74, 6) is 1.56. The molecule has 212 valence electrons. The number of anilines is 1. The number of hydrogen-bond acceptors (Lipinski definition) is 8. The molecule has 10 nitrogen and oxygen atoms in total. The minimum absolute atomic E-state index is 0.0158. The zero-order valence-electron chi connectivity index (χ0n) is 23.1. The molecule has 0 spiro atoms. The van der Waals surface area contributed by atoms with E-state index in [4.69, 9.17) is 14.2 Å². The van der Waals surface area contributed by atoms with Gasteiger partial charge in [-0.3, -0.25) is 14.2 Å². The molecule has 1 aromatic heterocycles. The van der Waals surface area contributed by atoms with Gasteiger partial charge >= 0.3 is 0 Å². The molecule has 1 aliphatic heterocycles. The zero-order chi connectivity index (χ0) is 28.8. The predicted octanol–water partition coefficient (Wildman–Crippen LogP) is 4.29. The number of hydrogen-bond donors (Lipinski definition) is 1. The quantitative estimate of drug-likeness (QED) is 0.280. The van der Waals surface area contributed by atoms with Gasteiger partial charge in [0.1, 0.15) is 0 Å². The summed E-state index contributed by atoms with van der Waals surface area (Å²) in [5.41, 5.74) is 3.33. The van der Waals surface area contributed by atoms with Crippen molar-refractivity contribution in [3.05, 3.63) is 83.7 Å². The van der Waals surface area contributed by atoms with Crippen molar-refractivity contribution in [3.63, 3.8) is 0 Å². The Bertz CT molecular complexity index is 1520. The molecule has 0 saturated heterocycles. The van der Waals surface area contributed by atoms with E-state index in [9.17, 15) is 9.59 Å². The number of methoxy groups -OCH3 is 3. The largest absolute Gasteiger partial charge is 0.493 e. The summed E-state index contributed by atoms with van der Waals surface area (Å²) in [6.45, 7) is 0.797. The van der Waals surface area contributed by atoms with Crippen LogP contribution in [-0.2, 0) is 17.8 Å². The fraction of sp³-hybridized carbons (Fsp3) is 0.267. The molecule has 0 atom stereocenters. The fourth-order valence-corrected chi connectivity index (χ4v) is 5.66. The van der Waals surface area contributed by atoms with E-state index < -0.39 is 0 Å². The molecule has 1 aliphatic rings. The number of benzene rings is 3. The monoisotopic (exact) mass is 573 g/mol. The standard InChI is InChI=1S/C30H31N5O5S/c1-38-24-16-21(17-25(39-2)28(24)40-3)29(37)31-18-26-32-33-30(35(26)22-12-5-4-6-13-22)41-19-27(36)34-15-9-11-20-10-7-8-14-23(20)34/h4-8,10,12-14,16-17H,9,11,15,18-19H2,1-3H3,(H,31,37). The molecule has 0 fully saturated rings. The smallest absolute Gasteiger partial charge is 0.251 e. The number of ether oxygens (including phenoxy) is 3.